The number of nitrogens with one attached hydrogen (secondary N) is 1. The number of halogens is 1. The first-order valence-corrected chi connectivity index (χ1v) is 6.54. The van der Waals surface area contributed by atoms with Gasteiger partial charge in [0.2, 0.25) is 0 Å². The molecular formula is C13H19ClN2O3. The van der Waals surface area contributed by atoms with Crippen LogP contribution >= 0.6 is 11.6 Å². The molecule has 1 aromatic carbocycles. The molecule has 6 heteroatoms. The third kappa shape index (κ3) is 5.36. The van der Waals surface area contributed by atoms with Crippen molar-refractivity contribution in [1.29, 1.82) is 0 Å². The summed E-state index contributed by atoms with van der Waals surface area (Å²) in [6.07, 6.45) is 0.383. The van der Waals surface area contributed by atoms with E-state index in [9.17, 15) is 4.79 Å². The van der Waals surface area contributed by atoms with Crippen LogP contribution in [0.15, 0.2) is 18.2 Å². The Balaban J connectivity index is 2.80. The van der Waals surface area contributed by atoms with E-state index in [1.165, 1.54) is 0 Å². The molecule has 0 aliphatic rings. The van der Waals surface area contributed by atoms with Crippen molar-refractivity contribution in [3.05, 3.63) is 23.8 Å². The fourth-order valence-corrected chi connectivity index (χ4v) is 1.91. The fraction of sp³-hybridized carbons (Fsp3) is 0.462. The standard InChI is InChI=1S/C13H19ClN2O3/c1-19-12-3-2-11(16-5-4-14)7-9(12)6-10(15)8-13(17)18/h2-3,7,10,16H,4-6,8,15H2,1H3,(H,17,18). The number of benzene rings is 1. The number of rotatable bonds is 8. The summed E-state index contributed by atoms with van der Waals surface area (Å²) in [7, 11) is 1.58. The molecule has 1 rings (SSSR count). The molecule has 0 aromatic heterocycles. The molecule has 5 nitrogen and oxygen atoms in total. The summed E-state index contributed by atoms with van der Waals surface area (Å²) < 4.78 is 5.25. The number of anilines is 1. The van der Waals surface area contributed by atoms with Gasteiger partial charge in [0.05, 0.1) is 13.5 Å². The summed E-state index contributed by atoms with van der Waals surface area (Å²) in [6.45, 7) is 0.661. The number of hydrogen-bond donors (Lipinski definition) is 3. The number of carboxylic acids is 1. The smallest absolute Gasteiger partial charge is 0.304 e. The van der Waals surface area contributed by atoms with E-state index in [1.807, 2.05) is 18.2 Å². The van der Waals surface area contributed by atoms with Gasteiger partial charge in [-0.15, -0.1) is 11.6 Å². The highest BCUT2D eigenvalue weighted by Crippen LogP contribution is 2.24. The number of alkyl halides is 1. The highest BCUT2D eigenvalue weighted by Gasteiger charge is 2.12. The van der Waals surface area contributed by atoms with Crippen LogP contribution in [0.3, 0.4) is 0 Å². The van der Waals surface area contributed by atoms with Gasteiger partial charge in [0, 0.05) is 24.2 Å². The van der Waals surface area contributed by atoms with Crippen molar-refractivity contribution in [2.24, 2.45) is 5.73 Å². The molecule has 1 aromatic rings. The molecule has 106 valence electrons. The van der Waals surface area contributed by atoms with Gasteiger partial charge in [-0.1, -0.05) is 0 Å². The monoisotopic (exact) mass is 286 g/mol. The summed E-state index contributed by atoms with van der Waals surface area (Å²) in [5, 5.41) is 11.9. The van der Waals surface area contributed by atoms with Gasteiger partial charge >= 0.3 is 5.97 Å². The second kappa shape index (κ2) is 7.86. The van der Waals surface area contributed by atoms with Gasteiger partial charge in [0.25, 0.3) is 0 Å². The zero-order chi connectivity index (χ0) is 14.3. The number of hydrogen-bond acceptors (Lipinski definition) is 4. The molecule has 0 aliphatic heterocycles. The number of nitrogens with two attached hydrogens (primary N) is 1. The van der Waals surface area contributed by atoms with Crippen molar-refractivity contribution in [3.8, 4) is 5.75 Å². The minimum Gasteiger partial charge on any atom is -0.496 e. The van der Waals surface area contributed by atoms with E-state index in [2.05, 4.69) is 5.32 Å². The number of aliphatic carboxylic acids is 1. The maximum atomic E-state index is 10.6. The summed E-state index contributed by atoms with van der Waals surface area (Å²) in [5.74, 6) is 0.319. The lowest BCUT2D eigenvalue weighted by atomic mass is 10.0. The van der Waals surface area contributed by atoms with Crippen molar-refractivity contribution in [2.75, 3.05) is 24.9 Å². The molecule has 0 heterocycles. The van der Waals surface area contributed by atoms with Crippen LogP contribution in [0.5, 0.6) is 5.75 Å². The Morgan fingerprint density at radius 1 is 1.58 bits per heavy atom. The van der Waals surface area contributed by atoms with Crippen molar-refractivity contribution in [1.82, 2.24) is 0 Å². The number of ether oxygens (including phenoxy) is 1. The van der Waals surface area contributed by atoms with Crippen LogP contribution in [0.2, 0.25) is 0 Å². The Bertz CT molecular complexity index is 426. The molecule has 1 unspecified atom stereocenters. The molecule has 1 atom stereocenters. The summed E-state index contributed by atoms with van der Waals surface area (Å²) in [4.78, 5) is 10.6. The maximum Gasteiger partial charge on any atom is 0.304 e. The predicted octanol–water partition coefficient (Wildman–Crippen LogP) is 1.69. The first-order chi connectivity index (χ1) is 9.06. The normalized spacial score (nSPS) is 11.9. The molecule has 0 bridgehead atoms. The Labute approximate surface area is 117 Å². The average Bonchev–Trinajstić information content (AvgIpc) is 2.35. The predicted molar refractivity (Wildman–Crippen MR) is 76.1 cm³/mol. The molecule has 0 fully saturated rings. The van der Waals surface area contributed by atoms with Crippen molar-refractivity contribution in [3.63, 3.8) is 0 Å². The van der Waals surface area contributed by atoms with E-state index < -0.39 is 12.0 Å². The second-order valence-electron chi connectivity index (χ2n) is 4.20. The summed E-state index contributed by atoms with van der Waals surface area (Å²) in [5.41, 5.74) is 7.60. The van der Waals surface area contributed by atoms with Crippen molar-refractivity contribution in [2.45, 2.75) is 18.9 Å². The maximum absolute atomic E-state index is 10.6. The highest BCUT2D eigenvalue weighted by molar-refractivity contribution is 6.18. The van der Waals surface area contributed by atoms with Gasteiger partial charge in [-0.05, 0) is 30.2 Å². The van der Waals surface area contributed by atoms with E-state index in [0.29, 0.717) is 24.6 Å². The largest absolute Gasteiger partial charge is 0.496 e. The van der Waals surface area contributed by atoms with E-state index in [1.54, 1.807) is 7.11 Å². The van der Waals surface area contributed by atoms with Gasteiger partial charge in [-0.3, -0.25) is 4.79 Å². The number of carbonyl (C=O) groups is 1. The lowest BCUT2D eigenvalue weighted by Gasteiger charge is -2.14. The molecule has 0 aliphatic carbocycles. The van der Waals surface area contributed by atoms with Crippen LogP contribution in [0.1, 0.15) is 12.0 Å². The van der Waals surface area contributed by atoms with Crippen LogP contribution < -0.4 is 15.8 Å². The minimum atomic E-state index is -0.900. The van der Waals surface area contributed by atoms with Gasteiger partial charge in [-0.2, -0.15) is 0 Å². The van der Waals surface area contributed by atoms with Crippen LogP contribution in [0.4, 0.5) is 5.69 Å². The first-order valence-electron chi connectivity index (χ1n) is 6.01. The summed E-state index contributed by atoms with van der Waals surface area (Å²) >= 11 is 5.62. The Kier molecular flexibility index (Phi) is 6.45. The highest BCUT2D eigenvalue weighted by atomic mass is 35.5. The third-order valence-corrected chi connectivity index (χ3v) is 2.81. The van der Waals surface area contributed by atoms with Gasteiger partial charge in [-0.25, -0.2) is 0 Å². The topological polar surface area (TPSA) is 84.6 Å². The van der Waals surface area contributed by atoms with E-state index in [-0.39, 0.29) is 6.42 Å². The van der Waals surface area contributed by atoms with Crippen molar-refractivity contribution >= 4 is 23.3 Å². The number of methoxy groups -OCH3 is 1. The molecule has 0 saturated heterocycles. The van der Waals surface area contributed by atoms with Crippen LogP contribution in [0.25, 0.3) is 0 Å². The van der Waals surface area contributed by atoms with Crippen LogP contribution in [-0.4, -0.2) is 36.7 Å². The zero-order valence-electron chi connectivity index (χ0n) is 10.9. The molecule has 0 saturated carbocycles. The molecule has 0 spiro atoms. The second-order valence-corrected chi connectivity index (χ2v) is 4.58. The van der Waals surface area contributed by atoms with Crippen LogP contribution in [0, 0.1) is 0 Å². The zero-order valence-corrected chi connectivity index (χ0v) is 11.6. The summed E-state index contributed by atoms with van der Waals surface area (Å²) in [6, 6.07) is 5.19. The number of carboxylic acid groups (broad SMARTS) is 1. The SMILES string of the molecule is COc1ccc(NCCCl)cc1CC(N)CC(=O)O. The lowest BCUT2D eigenvalue weighted by molar-refractivity contribution is -0.137. The molecular weight excluding hydrogens is 268 g/mol. The Hall–Kier alpha value is -1.46. The quantitative estimate of drug-likeness (QED) is 0.633. The van der Waals surface area contributed by atoms with E-state index >= 15 is 0 Å². The van der Waals surface area contributed by atoms with Gasteiger partial charge in [0.15, 0.2) is 0 Å². The van der Waals surface area contributed by atoms with E-state index in [4.69, 9.17) is 27.2 Å². The molecule has 0 amide bonds. The molecule has 19 heavy (non-hydrogen) atoms. The first kappa shape index (κ1) is 15.6. The molecule has 0 radical (unpaired) electrons. The lowest BCUT2D eigenvalue weighted by Crippen LogP contribution is -2.26. The van der Waals surface area contributed by atoms with Gasteiger partial charge in [0.1, 0.15) is 5.75 Å². The fourth-order valence-electron chi connectivity index (χ4n) is 1.82. The Morgan fingerprint density at radius 2 is 2.32 bits per heavy atom. The van der Waals surface area contributed by atoms with Crippen molar-refractivity contribution < 1.29 is 14.6 Å². The average molecular weight is 287 g/mol. The van der Waals surface area contributed by atoms with E-state index in [0.717, 1.165) is 11.3 Å². The van der Waals surface area contributed by atoms with Crippen LogP contribution in [-0.2, 0) is 11.2 Å². The molecule has 4 N–H and O–H groups in total. The third-order valence-electron chi connectivity index (χ3n) is 2.62. The Morgan fingerprint density at radius 3 is 2.89 bits per heavy atom. The van der Waals surface area contributed by atoms with Gasteiger partial charge < -0.3 is 20.9 Å². The minimum absolute atomic E-state index is 0.0670.